The maximum absolute atomic E-state index is 11.1. The number of carbonyl (C=O) groups excluding carboxylic acids is 1. The van der Waals surface area contributed by atoms with Crippen LogP contribution in [0.3, 0.4) is 0 Å². The first kappa shape index (κ1) is 12.6. The van der Waals surface area contributed by atoms with Crippen LogP contribution in [0.1, 0.15) is 10.5 Å². The van der Waals surface area contributed by atoms with Crippen LogP contribution >= 0.6 is 22.6 Å². The van der Waals surface area contributed by atoms with E-state index in [4.69, 9.17) is 11.5 Å². The predicted octanol–water partition coefficient (Wildman–Crippen LogP) is 2.11. The van der Waals surface area contributed by atoms with E-state index in [2.05, 4.69) is 32.9 Å². The summed E-state index contributed by atoms with van der Waals surface area (Å²) < 4.78 is 1.03. The fourth-order valence-corrected chi connectivity index (χ4v) is 1.92. The van der Waals surface area contributed by atoms with Crippen LogP contribution in [-0.2, 0) is 0 Å². The fraction of sp³-hybridized carbons (Fsp3) is 0. The first-order chi connectivity index (χ1) is 8.58. The third-order valence-corrected chi connectivity index (χ3v) is 3.25. The summed E-state index contributed by atoms with van der Waals surface area (Å²) in [7, 11) is 0. The minimum Gasteiger partial charge on any atom is -0.396 e. The minimum atomic E-state index is -0.583. The third-order valence-electron chi connectivity index (χ3n) is 2.31. The molecule has 1 heterocycles. The average molecular weight is 354 g/mol. The number of aromatic nitrogens is 1. The molecule has 1 amide bonds. The maximum Gasteiger partial charge on any atom is 0.267 e. The Bertz CT molecular complexity index is 600. The van der Waals surface area contributed by atoms with Crippen molar-refractivity contribution in [2.45, 2.75) is 0 Å². The molecule has 0 aliphatic heterocycles. The number of rotatable bonds is 3. The van der Waals surface area contributed by atoms with Crippen molar-refractivity contribution in [3.05, 3.63) is 45.7 Å². The lowest BCUT2D eigenvalue weighted by Crippen LogP contribution is -2.14. The Morgan fingerprint density at radius 1 is 1.22 bits per heavy atom. The van der Waals surface area contributed by atoms with Crippen LogP contribution in [0.25, 0.3) is 0 Å². The number of halogens is 1. The maximum atomic E-state index is 11.1. The summed E-state index contributed by atoms with van der Waals surface area (Å²) in [6.07, 6.45) is 0. The van der Waals surface area contributed by atoms with Gasteiger partial charge in [-0.25, -0.2) is 4.98 Å². The van der Waals surface area contributed by atoms with Gasteiger partial charge in [-0.1, -0.05) is 12.1 Å². The van der Waals surface area contributed by atoms with Gasteiger partial charge < -0.3 is 16.8 Å². The molecule has 18 heavy (non-hydrogen) atoms. The molecule has 0 aliphatic carbocycles. The molecule has 0 unspecified atom stereocenters. The van der Waals surface area contributed by atoms with E-state index < -0.39 is 5.91 Å². The second-order valence-corrected chi connectivity index (χ2v) is 4.77. The molecule has 5 nitrogen and oxygen atoms in total. The minimum absolute atomic E-state index is 0.178. The largest absolute Gasteiger partial charge is 0.396 e. The molecule has 2 aromatic rings. The molecule has 0 saturated heterocycles. The Morgan fingerprint density at radius 3 is 2.61 bits per heavy atom. The Labute approximate surface area is 118 Å². The lowest BCUT2D eigenvalue weighted by molar-refractivity contribution is 0.0996. The van der Waals surface area contributed by atoms with Crippen molar-refractivity contribution in [3.8, 4) is 0 Å². The highest BCUT2D eigenvalue weighted by molar-refractivity contribution is 14.1. The van der Waals surface area contributed by atoms with E-state index in [1.807, 2.05) is 24.3 Å². The number of pyridine rings is 1. The van der Waals surface area contributed by atoms with Gasteiger partial charge in [0.15, 0.2) is 5.82 Å². The standard InChI is InChI=1S/C12H11IN4O/c13-7-3-1-2-4-9(7)16-12-8(14)5-6-10(17-12)11(15)18/h1-6H,14H2,(H2,15,18)(H,16,17). The van der Waals surface area contributed by atoms with Crippen LogP contribution in [0.15, 0.2) is 36.4 Å². The van der Waals surface area contributed by atoms with E-state index in [0.29, 0.717) is 11.5 Å². The number of nitrogens with two attached hydrogens (primary N) is 2. The van der Waals surface area contributed by atoms with Gasteiger partial charge in [0.25, 0.3) is 5.91 Å². The molecule has 0 saturated carbocycles. The van der Waals surface area contributed by atoms with E-state index in [1.54, 1.807) is 6.07 Å². The highest BCUT2D eigenvalue weighted by atomic mass is 127. The molecular weight excluding hydrogens is 343 g/mol. The summed E-state index contributed by atoms with van der Waals surface area (Å²) in [4.78, 5) is 15.2. The third kappa shape index (κ3) is 2.70. The Morgan fingerprint density at radius 2 is 1.94 bits per heavy atom. The van der Waals surface area contributed by atoms with Crippen LogP contribution in [0.5, 0.6) is 0 Å². The van der Waals surface area contributed by atoms with Crippen molar-refractivity contribution in [2.75, 3.05) is 11.1 Å². The number of para-hydroxylation sites is 1. The first-order valence-corrected chi connectivity index (χ1v) is 6.23. The van der Waals surface area contributed by atoms with E-state index in [-0.39, 0.29) is 5.69 Å². The van der Waals surface area contributed by atoms with Gasteiger partial charge >= 0.3 is 0 Å². The highest BCUT2D eigenvalue weighted by Gasteiger charge is 2.08. The lowest BCUT2D eigenvalue weighted by Gasteiger charge is -2.10. The molecule has 0 spiro atoms. The van der Waals surface area contributed by atoms with Crippen LogP contribution < -0.4 is 16.8 Å². The molecule has 92 valence electrons. The zero-order chi connectivity index (χ0) is 13.1. The number of nitrogens with zero attached hydrogens (tertiary/aromatic N) is 1. The SMILES string of the molecule is NC(=O)c1ccc(N)c(Nc2ccccc2I)n1. The van der Waals surface area contributed by atoms with Gasteiger partial charge in [0.05, 0.1) is 11.4 Å². The van der Waals surface area contributed by atoms with Crippen LogP contribution in [0.2, 0.25) is 0 Å². The lowest BCUT2D eigenvalue weighted by atomic mass is 10.3. The van der Waals surface area contributed by atoms with Gasteiger partial charge in [-0.2, -0.15) is 0 Å². The normalized spacial score (nSPS) is 10.1. The molecule has 0 fully saturated rings. The van der Waals surface area contributed by atoms with Crippen molar-refractivity contribution in [2.24, 2.45) is 5.73 Å². The quantitative estimate of drug-likeness (QED) is 0.736. The number of carbonyl (C=O) groups is 1. The predicted molar refractivity (Wildman–Crippen MR) is 79.6 cm³/mol. The molecule has 1 aromatic heterocycles. The van der Waals surface area contributed by atoms with Crippen molar-refractivity contribution in [1.82, 2.24) is 4.98 Å². The van der Waals surface area contributed by atoms with Crippen molar-refractivity contribution in [3.63, 3.8) is 0 Å². The summed E-state index contributed by atoms with van der Waals surface area (Å²) in [5.74, 6) is -0.156. The van der Waals surface area contributed by atoms with Crippen LogP contribution in [0.4, 0.5) is 17.2 Å². The topological polar surface area (TPSA) is 94.0 Å². The highest BCUT2D eigenvalue weighted by Crippen LogP contribution is 2.24. The Hall–Kier alpha value is -1.83. The number of primary amides is 1. The molecule has 0 radical (unpaired) electrons. The first-order valence-electron chi connectivity index (χ1n) is 5.16. The fourth-order valence-electron chi connectivity index (χ4n) is 1.40. The zero-order valence-electron chi connectivity index (χ0n) is 9.35. The van der Waals surface area contributed by atoms with E-state index in [0.717, 1.165) is 9.26 Å². The molecule has 2 rings (SSSR count). The number of anilines is 3. The summed E-state index contributed by atoms with van der Waals surface area (Å²) in [5.41, 5.74) is 12.5. The van der Waals surface area contributed by atoms with Gasteiger partial charge in [-0.3, -0.25) is 4.79 Å². The van der Waals surface area contributed by atoms with E-state index >= 15 is 0 Å². The second kappa shape index (κ2) is 5.21. The number of benzene rings is 1. The van der Waals surface area contributed by atoms with Gasteiger partial charge in [0.2, 0.25) is 0 Å². The van der Waals surface area contributed by atoms with Gasteiger partial charge in [-0.05, 0) is 46.9 Å². The number of nitrogen functional groups attached to an aromatic ring is 1. The summed E-state index contributed by atoms with van der Waals surface area (Å²) >= 11 is 2.20. The molecule has 0 aliphatic rings. The van der Waals surface area contributed by atoms with Crippen LogP contribution in [0, 0.1) is 3.57 Å². The number of amides is 1. The van der Waals surface area contributed by atoms with Crippen LogP contribution in [-0.4, -0.2) is 10.9 Å². The number of hydrogen-bond acceptors (Lipinski definition) is 4. The zero-order valence-corrected chi connectivity index (χ0v) is 11.5. The molecule has 0 atom stereocenters. The van der Waals surface area contributed by atoms with E-state index in [9.17, 15) is 4.79 Å². The molecular formula is C12H11IN4O. The summed E-state index contributed by atoms with van der Waals surface area (Å²) in [6.45, 7) is 0. The Kier molecular flexibility index (Phi) is 3.66. The Balaban J connectivity index is 2.37. The van der Waals surface area contributed by atoms with Gasteiger partial charge in [0, 0.05) is 3.57 Å². The number of nitrogens with one attached hydrogen (secondary N) is 1. The average Bonchev–Trinajstić information content (AvgIpc) is 2.34. The molecule has 6 heteroatoms. The van der Waals surface area contributed by atoms with Gasteiger partial charge in [0.1, 0.15) is 5.69 Å². The van der Waals surface area contributed by atoms with Gasteiger partial charge in [-0.15, -0.1) is 0 Å². The smallest absolute Gasteiger partial charge is 0.267 e. The van der Waals surface area contributed by atoms with Crippen molar-refractivity contribution in [1.29, 1.82) is 0 Å². The van der Waals surface area contributed by atoms with Crippen molar-refractivity contribution < 1.29 is 4.79 Å². The molecule has 0 bridgehead atoms. The molecule has 1 aromatic carbocycles. The number of hydrogen-bond donors (Lipinski definition) is 3. The van der Waals surface area contributed by atoms with E-state index in [1.165, 1.54) is 6.07 Å². The molecule has 5 N–H and O–H groups in total. The summed E-state index contributed by atoms with van der Waals surface area (Å²) in [6, 6.07) is 10.8. The second-order valence-electron chi connectivity index (χ2n) is 3.60. The summed E-state index contributed by atoms with van der Waals surface area (Å²) in [5, 5.41) is 3.08. The van der Waals surface area contributed by atoms with Crippen molar-refractivity contribution >= 4 is 45.7 Å². The monoisotopic (exact) mass is 354 g/mol.